The maximum absolute atomic E-state index is 5.72. The van der Waals surface area contributed by atoms with Crippen LogP contribution in [0.1, 0.15) is 5.56 Å². The van der Waals surface area contributed by atoms with E-state index in [1.54, 1.807) is 11.8 Å². The second-order valence-corrected chi connectivity index (χ2v) is 5.97. The van der Waals surface area contributed by atoms with Crippen LogP contribution < -0.4 is 5.73 Å². The van der Waals surface area contributed by atoms with E-state index in [0.717, 1.165) is 21.3 Å². The van der Waals surface area contributed by atoms with E-state index in [1.165, 1.54) is 5.56 Å². The lowest BCUT2D eigenvalue weighted by molar-refractivity contribution is 0.489. The predicted molar refractivity (Wildman–Crippen MR) is 82.1 cm³/mol. The Morgan fingerprint density at radius 1 is 1.21 bits per heavy atom. The quantitative estimate of drug-likeness (QED) is 0.567. The Morgan fingerprint density at radius 2 is 2.11 bits per heavy atom. The topological polar surface area (TPSA) is 52.0 Å². The fourth-order valence-corrected chi connectivity index (χ4v) is 2.98. The molecule has 19 heavy (non-hydrogen) atoms. The van der Waals surface area contributed by atoms with E-state index >= 15 is 0 Å². The third kappa shape index (κ3) is 2.93. The maximum atomic E-state index is 5.72. The van der Waals surface area contributed by atoms with Gasteiger partial charge in [0.2, 0.25) is 0 Å². The molecule has 0 unspecified atom stereocenters. The number of halogens is 1. The molecular weight excluding hydrogens is 324 g/mol. The lowest BCUT2D eigenvalue weighted by Gasteiger charge is -1.98. The third-order valence-electron chi connectivity index (χ3n) is 2.64. The number of nitrogen functional groups attached to an aromatic ring is 1. The number of hydrogen-bond donors (Lipinski definition) is 1. The van der Waals surface area contributed by atoms with Gasteiger partial charge in [-0.25, -0.2) is 4.98 Å². The van der Waals surface area contributed by atoms with Crippen molar-refractivity contribution >= 4 is 44.5 Å². The SMILES string of the molecule is Nc1ccc2oc(SCc3cccc(Br)c3)nc2c1. The number of oxazole rings is 1. The molecular formula is C14H11BrN2OS. The van der Waals surface area contributed by atoms with Gasteiger partial charge in [-0.2, -0.15) is 0 Å². The Hall–Kier alpha value is -1.46. The van der Waals surface area contributed by atoms with E-state index in [2.05, 4.69) is 33.0 Å². The molecule has 0 aliphatic rings. The van der Waals surface area contributed by atoms with E-state index in [0.29, 0.717) is 10.9 Å². The second-order valence-electron chi connectivity index (χ2n) is 4.13. The Kier molecular flexibility index (Phi) is 3.48. The van der Waals surface area contributed by atoms with Crippen LogP contribution in [0.15, 0.2) is 56.6 Å². The molecule has 2 aromatic carbocycles. The number of nitrogens with zero attached hydrogens (tertiary/aromatic N) is 1. The van der Waals surface area contributed by atoms with Crippen molar-refractivity contribution in [3.8, 4) is 0 Å². The molecule has 3 nitrogen and oxygen atoms in total. The van der Waals surface area contributed by atoms with Crippen molar-refractivity contribution in [2.45, 2.75) is 11.0 Å². The molecule has 0 aliphatic carbocycles. The summed E-state index contributed by atoms with van der Waals surface area (Å²) in [6.07, 6.45) is 0. The third-order valence-corrected chi connectivity index (χ3v) is 4.04. The van der Waals surface area contributed by atoms with Crippen LogP contribution in [0.3, 0.4) is 0 Å². The number of benzene rings is 2. The number of aromatic nitrogens is 1. The second kappa shape index (κ2) is 5.27. The van der Waals surface area contributed by atoms with Crippen molar-refractivity contribution in [2.24, 2.45) is 0 Å². The van der Waals surface area contributed by atoms with Gasteiger partial charge in [-0.15, -0.1) is 0 Å². The van der Waals surface area contributed by atoms with Crippen LogP contribution in [0.4, 0.5) is 5.69 Å². The molecule has 3 rings (SSSR count). The first-order valence-corrected chi connectivity index (χ1v) is 7.52. The van der Waals surface area contributed by atoms with Crippen LogP contribution in [-0.2, 0) is 5.75 Å². The summed E-state index contributed by atoms with van der Waals surface area (Å²) in [4.78, 5) is 4.42. The molecule has 1 aromatic heterocycles. The molecule has 1 heterocycles. The summed E-state index contributed by atoms with van der Waals surface area (Å²) in [5.41, 5.74) is 9.21. The number of anilines is 1. The van der Waals surface area contributed by atoms with E-state index < -0.39 is 0 Å². The van der Waals surface area contributed by atoms with Gasteiger partial charge >= 0.3 is 0 Å². The van der Waals surface area contributed by atoms with Gasteiger partial charge in [0.15, 0.2) is 5.58 Å². The molecule has 0 amide bonds. The Morgan fingerprint density at radius 3 is 2.95 bits per heavy atom. The smallest absolute Gasteiger partial charge is 0.257 e. The molecule has 3 aromatic rings. The van der Waals surface area contributed by atoms with Crippen molar-refractivity contribution in [3.63, 3.8) is 0 Å². The Bertz CT molecular complexity index is 726. The molecule has 0 aliphatic heterocycles. The first kappa shape index (κ1) is 12.6. The van der Waals surface area contributed by atoms with Gasteiger partial charge in [-0.1, -0.05) is 39.8 Å². The van der Waals surface area contributed by atoms with Crippen molar-refractivity contribution in [2.75, 3.05) is 5.73 Å². The van der Waals surface area contributed by atoms with E-state index in [9.17, 15) is 0 Å². The summed E-state index contributed by atoms with van der Waals surface area (Å²) in [5, 5.41) is 0.667. The van der Waals surface area contributed by atoms with Crippen LogP contribution in [-0.4, -0.2) is 4.98 Å². The molecule has 0 bridgehead atoms. The maximum Gasteiger partial charge on any atom is 0.257 e. The molecule has 0 spiro atoms. The lowest BCUT2D eigenvalue weighted by Crippen LogP contribution is -1.82. The molecule has 0 saturated heterocycles. The van der Waals surface area contributed by atoms with E-state index in [1.807, 2.05) is 30.3 Å². The molecule has 0 radical (unpaired) electrons. The highest BCUT2D eigenvalue weighted by molar-refractivity contribution is 9.10. The van der Waals surface area contributed by atoms with Crippen molar-refractivity contribution in [3.05, 3.63) is 52.5 Å². The molecule has 96 valence electrons. The number of fused-ring (bicyclic) bond motifs is 1. The van der Waals surface area contributed by atoms with Crippen molar-refractivity contribution < 1.29 is 4.42 Å². The highest BCUT2D eigenvalue weighted by Gasteiger charge is 2.07. The molecule has 5 heteroatoms. The highest BCUT2D eigenvalue weighted by atomic mass is 79.9. The van der Waals surface area contributed by atoms with Gasteiger partial charge in [-0.3, -0.25) is 0 Å². The minimum absolute atomic E-state index is 0.667. The standard InChI is InChI=1S/C14H11BrN2OS/c15-10-3-1-2-9(6-10)8-19-14-17-12-7-11(16)4-5-13(12)18-14/h1-7H,8,16H2. The minimum Gasteiger partial charge on any atom is -0.431 e. The minimum atomic E-state index is 0.667. The Balaban J connectivity index is 1.78. The van der Waals surface area contributed by atoms with Gasteiger partial charge < -0.3 is 10.2 Å². The Labute approximate surface area is 123 Å². The highest BCUT2D eigenvalue weighted by Crippen LogP contribution is 2.27. The van der Waals surface area contributed by atoms with Crippen LogP contribution in [0.5, 0.6) is 0 Å². The van der Waals surface area contributed by atoms with Gasteiger partial charge in [0, 0.05) is 15.9 Å². The van der Waals surface area contributed by atoms with Crippen LogP contribution in [0, 0.1) is 0 Å². The first-order valence-electron chi connectivity index (χ1n) is 5.74. The summed E-state index contributed by atoms with van der Waals surface area (Å²) >= 11 is 5.04. The van der Waals surface area contributed by atoms with E-state index in [-0.39, 0.29) is 0 Å². The van der Waals surface area contributed by atoms with Gasteiger partial charge in [0.25, 0.3) is 5.22 Å². The summed E-state index contributed by atoms with van der Waals surface area (Å²) in [5.74, 6) is 0.821. The first-order chi connectivity index (χ1) is 9.20. The number of thioether (sulfide) groups is 1. The average Bonchev–Trinajstić information content (AvgIpc) is 2.78. The summed E-state index contributed by atoms with van der Waals surface area (Å²) in [7, 11) is 0. The van der Waals surface area contributed by atoms with Crippen LogP contribution in [0.2, 0.25) is 0 Å². The largest absolute Gasteiger partial charge is 0.431 e. The van der Waals surface area contributed by atoms with E-state index in [4.69, 9.17) is 10.2 Å². The molecule has 0 atom stereocenters. The summed E-state index contributed by atoms with van der Waals surface area (Å²) in [6.45, 7) is 0. The van der Waals surface area contributed by atoms with Gasteiger partial charge in [0.1, 0.15) is 5.52 Å². The predicted octanol–water partition coefficient (Wildman–Crippen LogP) is 4.46. The fourth-order valence-electron chi connectivity index (χ4n) is 1.76. The van der Waals surface area contributed by atoms with Gasteiger partial charge in [0.05, 0.1) is 0 Å². The molecule has 0 fully saturated rings. The zero-order valence-electron chi connectivity index (χ0n) is 9.97. The summed E-state index contributed by atoms with van der Waals surface area (Å²) < 4.78 is 6.74. The monoisotopic (exact) mass is 334 g/mol. The fraction of sp³-hybridized carbons (Fsp3) is 0.0714. The number of nitrogens with two attached hydrogens (primary N) is 1. The van der Waals surface area contributed by atoms with Crippen LogP contribution in [0.25, 0.3) is 11.1 Å². The normalized spacial score (nSPS) is 11.0. The molecule has 2 N–H and O–H groups in total. The lowest BCUT2D eigenvalue weighted by atomic mass is 10.2. The van der Waals surface area contributed by atoms with Gasteiger partial charge in [-0.05, 0) is 35.9 Å². The zero-order chi connectivity index (χ0) is 13.2. The number of rotatable bonds is 3. The van der Waals surface area contributed by atoms with Crippen molar-refractivity contribution in [1.29, 1.82) is 0 Å². The van der Waals surface area contributed by atoms with Crippen molar-refractivity contribution in [1.82, 2.24) is 4.98 Å². The summed E-state index contributed by atoms with van der Waals surface area (Å²) in [6, 6.07) is 13.7. The average molecular weight is 335 g/mol. The number of hydrogen-bond acceptors (Lipinski definition) is 4. The molecule has 0 saturated carbocycles. The van der Waals surface area contributed by atoms with Crippen LogP contribution >= 0.6 is 27.7 Å². The zero-order valence-corrected chi connectivity index (χ0v) is 12.4.